The van der Waals surface area contributed by atoms with Crippen LogP contribution in [0.5, 0.6) is 0 Å². The van der Waals surface area contributed by atoms with Gasteiger partial charge in [-0.1, -0.05) is 0 Å². The molecule has 0 aliphatic heterocycles. The van der Waals surface area contributed by atoms with Crippen LogP contribution in [-0.2, 0) is 4.79 Å². The van der Waals surface area contributed by atoms with Crippen molar-refractivity contribution in [1.82, 2.24) is 0 Å². The molecular formula is C7H18AsNO3. The van der Waals surface area contributed by atoms with Crippen molar-refractivity contribution in [3.8, 4) is 0 Å². The first-order valence-corrected chi connectivity index (χ1v) is 3.49. The summed E-state index contributed by atoms with van der Waals surface area (Å²) in [6, 6.07) is 0. The fourth-order valence-electron chi connectivity index (χ4n) is 0.889. The first-order chi connectivity index (χ1) is 4.81. The van der Waals surface area contributed by atoms with Crippen molar-refractivity contribution >= 4 is 23.9 Å². The first kappa shape index (κ1) is 14.5. The van der Waals surface area contributed by atoms with E-state index < -0.39 is 12.1 Å². The number of nitrogens with zero attached hydrogens (tertiary/aromatic N) is 1. The van der Waals surface area contributed by atoms with Gasteiger partial charge in [-0.15, -0.1) is 0 Å². The van der Waals surface area contributed by atoms with Crippen LogP contribution in [-0.4, -0.2) is 67.3 Å². The van der Waals surface area contributed by atoms with Crippen molar-refractivity contribution in [2.24, 2.45) is 0 Å². The zero-order chi connectivity index (χ0) is 9.07. The average molecular weight is 239 g/mol. The molecule has 0 saturated carbocycles. The molecule has 4 nitrogen and oxygen atoms in total. The summed E-state index contributed by atoms with van der Waals surface area (Å²) in [5.41, 5.74) is 0. The van der Waals surface area contributed by atoms with Crippen LogP contribution >= 0.6 is 0 Å². The van der Waals surface area contributed by atoms with Crippen LogP contribution in [0, 0.1) is 0 Å². The van der Waals surface area contributed by atoms with E-state index in [2.05, 4.69) is 0 Å². The van der Waals surface area contributed by atoms with E-state index in [9.17, 15) is 9.90 Å². The number of rotatable bonds is 4. The first-order valence-electron chi connectivity index (χ1n) is 3.49. The summed E-state index contributed by atoms with van der Waals surface area (Å²) in [5, 5.41) is 19.1. The molecule has 5 heteroatoms. The molecule has 0 aromatic heterocycles. The molecular weight excluding hydrogens is 221 g/mol. The Morgan fingerprint density at radius 3 is 2.17 bits per heavy atom. The minimum atomic E-state index is -1.20. The van der Waals surface area contributed by atoms with Gasteiger partial charge >= 0.3 is 18.0 Å². The zero-order valence-corrected chi connectivity index (χ0v) is 10.9. The van der Waals surface area contributed by atoms with Crippen molar-refractivity contribution in [3.05, 3.63) is 0 Å². The quantitative estimate of drug-likeness (QED) is 0.420. The number of hydrogen-bond donors (Lipinski definition) is 1. The van der Waals surface area contributed by atoms with E-state index in [4.69, 9.17) is 5.11 Å². The summed E-state index contributed by atoms with van der Waals surface area (Å²) in [5.74, 6) is -1.20. The molecule has 0 radical (unpaired) electrons. The second-order valence-electron chi connectivity index (χ2n) is 3.70. The van der Waals surface area contributed by atoms with Crippen molar-refractivity contribution in [3.63, 3.8) is 0 Å². The number of carbonyl (C=O) groups is 1. The maximum atomic E-state index is 10.0. The van der Waals surface area contributed by atoms with Gasteiger partial charge in [-0.3, -0.25) is 0 Å². The Balaban J connectivity index is 0. The number of carboxylic acids is 1. The van der Waals surface area contributed by atoms with Crippen molar-refractivity contribution in [1.29, 1.82) is 0 Å². The van der Waals surface area contributed by atoms with E-state index in [1.165, 1.54) is 0 Å². The van der Waals surface area contributed by atoms with Crippen molar-refractivity contribution in [2.45, 2.75) is 12.5 Å². The predicted octanol–water partition coefficient (Wildman–Crippen LogP) is -2.99. The third-order valence-corrected chi connectivity index (χ3v) is 1.16. The van der Waals surface area contributed by atoms with Crippen LogP contribution in [0.3, 0.4) is 0 Å². The fraction of sp³-hybridized carbons (Fsp3) is 0.857. The van der Waals surface area contributed by atoms with Crippen LogP contribution in [0.2, 0.25) is 0 Å². The number of hydrogen-bond acceptors (Lipinski definition) is 3. The van der Waals surface area contributed by atoms with E-state index in [0.717, 1.165) is 0 Å². The molecule has 0 fully saturated rings. The molecule has 0 bridgehead atoms. The van der Waals surface area contributed by atoms with Crippen LogP contribution in [0.15, 0.2) is 0 Å². The zero-order valence-electron chi connectivity index (χ0n) is 7.91. The Kier molecular flexibility index (Phi) is 6.72. The second-order valence-corrected chi connectivity index (χ2v) is 3.70. The Morgan fingerprint density at radius 2 is 1.92 bits per heavy atom. The van der Waals surface area contributed by atoms with E-state index in [1.807, 2.05) is 21.1 Å². The molecule has 0 amide bonds. The molecule has 0 heterocycles. The fourth-order valence-corrected chi connectivity index (χ4v) is 0.889. The molecule has 0 aliphatic carbocycles. The number of aliphatic hydroxyl groups is 1. The van der Waals surface area contributed by atoms with Crippen LogP contribution < -0.4 is 5.11 Å². The van der Waals surface area contributed by atoms with Gasteiger partial charge in [-0.05, 0) is 0 Å². The number of likely N-dealkylation sites (N-methyl/N-ethyl adjacent to an activating group) is 1. The molecule has 2 unspecified atom stereocenters. The van der Waals surface area contributed by atoms with Gasteiger partial charge in [0.2, 0.25) is 0 Å². The monoisotopic (exact) mass is 239 g/mol. The van der Waals surface area contributed by atoms with Gasteiger partial charge < -0.3 is 19.5 Å². The maximum absolute atomic E-state index is 10.0. The molecule has 0 aliphatic rings. The predicted molar refractivity (Wildman–Crippen MR) is 48.5 cm³/mol. The molecule has 1 N–H and O–H groups in total. The topological polar surface area (TPSA) is 60.4 Å². The van der Waals surface area contributed by atoms with E-state index in [1.54, 1.807) is 0 Å². The summed E-state index contributed by atoms with van der Waals surface area (Å²) in [6.45, 7) is 0.425. The molecule has 0 spiro atoms. The van der Waals surface area contributed by atoms with Gasteiger partial charge in [-0.2, -0.15) is 0 Å². The van der Waals surface area contributed by atoms with Crippen molar-refractivity contribution < 1.29 is 19.5 Å². The number of carboxylic acid groups (broad SMARTS) is 1. The molecule has 2 atom stereocenters. The number of quaternary nitrogens is 1. The van der Waals surface area contributed by atoms with Crippen LogP contribution in [0.4, 0.5) is 0 Å². The molecule has 12 heavy (non-hydrogen) atoms. The van der Waals surface area contributed by atoms with Gasteiger partial charge in [0.15, 0.2) is 0 Å². The number of aliphatic carboxylic acids is 1. The minimum absolute atomic E-state index is 0. The number of carbonyl (C=O) groups excluding carboxylic acids is 1. The Bertz CT molecular complexity index is 144. The van der Waals surface area contributed by atoms with Crippen molar-refractivity contribution in [2.75, 3.05) is 27.7 Å². The normalized spacial score (nSPS) is 13.3. The summed E-state index contributed by atoms with van der Waals surface area (Å²) < 4.78 is 0.550. The van der Waals surface area contributed by atoms with E-state index >= 15 is 0 Å². The standard InChI is InChI=1S/C7H15NO3.AsH3/c1-8(2,3)5-6(9)4-7(10)11;/h6,9H,4-5H2,1-3H3;1H3. The molecule has 0 saturated heterocycles. The average Bonchev–Trinajstić information content (AvgIpc) is 1.53. The van der Waals surface area contributed by atoms with Gasteiger partial charge in [0.25, 0.3) is 0 Å². The van der Waals surface area contributed by atoms with Crippen LogP contribution in [0.1, 0.15) is 6.42 Å². The molecule has 74 valence electrons. The van der Waals surface area contributed by atoms with Gasteiger partial charge in [0.05, 0.1) is 21.1 Å². The van der Waals surface area contributed by atoms with Crippen LogP contribution in [0.25, 0.3) is 0 Å². The van der Waals surface area contributed by atoms with E-state index in [0.29, 0.717) is 11.0 Å². The van der Waals surface area contributed by atoms with Gasteiger partial charge in [0, 0.05) is 12.4 Å². The molecule has 0 rings (SSSR count). The van der Waals surface area contributed by atoms with Gasteiger partial charge in [-0.25, -0.2) is 0 Å². The Labute approximate surface area is 84.1 Å². The second kappa shape index (κ2) is 5.57. The summed E-state index contributed by atoms with van der Waals surface area (Å²) in [7, 11) is 5.66. The van der Waals surface area contributed by atoms with E-state index in [-0.39, 0.29) is 24.4 Å². The third kappa shape index (κ3) is 9.95. The molecule has 0 aromatic rings. The SMILES string of the molecule is C[N+](C)(C)CC(O)CC(=O)[O-].[AsH3]. The summed E-state index contributed by atoms with van der Waals surface area (Å²) in [4.78, 5) is 10.0. The summed E-state index contributed by atoms with van der Waals surface area (Å²) in [6.07, 6.45) is -1.09. The Hall–Kier alpha value is -0.0516. The number of aliphatic hydroxyl groups excluding tert-OH is 1. The Morgan fingerprint density at radius 1 is 1.50 bits per heavy atom. The summed E-state index contributed by atoms with van der Waals surface area (Å²) >= 11 is 0. The molecule has 0 aromatic carbocycles. The van der Waals surface area contributed by atoms with Gasteiger partial charge in [0.1, 0.15) is 12.6 Å². The third-order valence-electron chi connectivity index (χ3n) is 1.16.